The molecular formula is C12H18N2OS. The van der Waals surface area contributed by atoms with E-state index in [2.05, 4.69) is 47.1 Å². The average Bonchev–Trinajstić information content (AvgIpc) is 2.38. The highest BCUT2D eigenvalue weighted by molar-refractivity contribution is 7.80. The lowest BCUT2D eigenvalue weighted by molar-refractivity contribution is 0.122. The van der Waals surface area contributed by atoms with Crippen LogP contribution in [0.1, 0.15) is 0 Å². The smallest absolute Gasteiger partial charge is 0.0642 e. The molecule has 4 heteroatoms. The van der Waals surface area contributed by atoms with Crippen LogP contribution in [0.5, 0.6) is 0 Å². The number of nitrogens with zero attached hydrogens (tertiary/aromatic N) is 1. The Morgan fingerprint density at radius 3 is 2.50 bits per heavy atom. The van der Waals surface area contributed by atoms with Crippen LogP contribution in [0.25, 0.3) is 0 Å². The first-order chi connectivity index (χ1) is 7.90. The molecule has 0 radical (unpaired) electrons. The lowest BCUT2D eigenvalue weighted by Gasteiger charge is -2.28. The van der Waals surface area contributed by atoms with E-state index in [1.807, 2.05) is 0 Å². The van der Waals surface area contributed by atoms with Gasteiger partial charge in [0.25, 0.3) is 0 Å². The maximum absolute atomic E-state index is 5.34. The average molecular weight is 238 g/mol. The van der Waals surface area contributed by atoms with E-state index in [4.69, 9.17) is 4.74 Å². The molecule has 1 heterocycles. The molecule has 2 rings (SSSR count). The monoisotopic (exact) mass is 238 g/mol. The summed E-state index contributed by atoms with van der Waals surface area (Å²) in [6, 6.07) is 8.56. The van der Waals surface area contributed by atoms with Crippen molar-refractivity contribution in [3.05, 3.63) is 24.3 Å². The molecule has 1 N–H and O–H groups in total. The minimum atomic E-state index is 0.833. The van der Waals surface area contributed by atoms with Gasteiger partial charge in [0.15, 0.2) is 0 Å². The third-order valence-corrected chi connectivity index (χ3v) is 2.91. The molecule has 1 aromatic rings. The van der Waals surface area contributed by atoms with Crippen LogP contribution in [0.3, 0.4) is 0 Å². The van der Waals surface area contributed by atoms with Crippen molar-refractivity contribution in [1.29, 1.82) is 0 Å². The Bertz CT molecular complexity index is 309. The van der Waals surface area contributed by atoms with E-state index in [-0.39, 0.29) is 0 Å². The molecule has 1 saturated heterocycles. The number of rotatable bonds is 4. The first-order valence-electron chi connectivity index (χ1n) is 5.67. The lowest BCUT2D eigenvalue weighted by atomic mass is 10.2. The van der Waals surface area contributed by atoms with Gasteiger partial charge in [0.2, 0.25) is 0 Å². The van der Waals surface area contributed by atoms with Crippen molar-refractivity contribution < 1.29 is 4.74 Å². The second kappa shape index (κ2) is 6.01. The van der Waals surface area contributed by atoms with Crippen LogP contribution >= 0.6 is 12.6 Å². The van der Waals surface area contributed by atoms with Crippen LogP contribution in [-0.2, 0) is 4.74 Å². The fraction of sp³-hybridized carbons (Fsp3) is 0.500. The molecule has 0 amide bonds. The van der Waals surface area contributed by atoms with E-state index >= 15 is 0 Å². The fourth-order valence-corrected chi connectivity index (χ4v) is 1.92. The summed E-state index contributed by atoms with van der Waals surface area (Å²) in [5.41, 5.74) is 2.44. The summed E-state index contributed by atoms with van der Waals surface area (Å²) in [7, 11) is 0. The van der Waals surface area contributed by atoms with Gasteiger partial charge in [-0.2, -0.15) is 12.6 Å². The number of thiol groups is 1. The van der Waals surface area contributed by atoms with E-state index in [0.717, 1.165) is 44.3 Å². The van der Waals surface area contributed by atoms with Gasteiger partial charge in [0.1, 0.15) is 0 Å². The van der Waals surface area contributed by atoms with Gasteiger partial charge in [-0.15, -0.1) is 0 Å². The zero-order chi connectivity index (χ0) is 11.2. The van der Waals surface area contributed by atoms with E-state index < -0.39 is 0 Å². The highest BCUT2D eigenvalue weighted by Gasteiger charge is 2.10. The van der Waals surface area contributed by atoms with Crippen molar-refractivity contribution >= 4 is 24.0 Å². The summed E-state index contributed by atoms with van der Waals surface area (Å²) < 4.78 is 5.34. The van der Waals surface area contributed by atoms with Gasteiger partial charge in [0.05, 0.1) is 13.2 Å². The Labute approximate surface area is 102 Å². The molecule has 1 aliphatic rings. The molecule has 1 fully saturated rings. The summed E-state index contributed by atoms with van der Waals surface area (Å²) in [5, 5.41) is 3.30. The van der Waals surface area contributed by atoms with E-state index in [9.17, 15) is 0 Å². The second-order valence-corrected chi connectivity index (χ2v) is 4.24. The molecule has 1 aliphatic heterocycles. The van der Waals surface area contributed by atoms with Crippen LogP contribution in [0.4, 0.5) is 11.4 Å². The number of hydrogen-bond donors (Lipinski definition) is 2. The number of ether oxygens (including phenoxy) is 1. The molecule has 0 spiro atoms. The van der Waals surface area contributed by atoms with Crippen LogP contribution < -0.4 is 10.2 Å². The minimum Gasteiger partial charge on any atom is -0.384 e. The van der Waals surface area contributed by atoms with Gasteiger partial charge >= 0.3 is 0 Å². The Morgan fingerprint density at radius 1 is 1.19 bits per heavy atom. The molecule has 16 heavy (non-hydrogen) atoms. The zero-order valence-corrected chi connectivity index (χ0v) is 10.2. The van der Waals surface area contributed by atoms with Crippen molar-refractivity contribution in [2.45, 2.75) is 0 Å². The highest BCUT2D eigenvalue weighted by atomic mass is 32.1. The van der Waals surface area contributed by atoms with Crippen molar-refractivity contribution in [3.63, 3.8) is 0 Å². The number of hydrogen-bond acceptors (Lipinski definition) is 4. The van der Waals surface area contributed by atoms with Crippen molar-refractivity contribution in [1.82, 2.24) is 0 Å². The second-order valence-electron chi connectivity index (χ2n) is 3.80. The number of morpholine rings is 1. The number of benzene rings is 1. The first-order valence-corrected chi connectivity index (χ1v) is 6.31. The predicted molar refractivity (Wildman–Crippen MR) is 71.8 cm³/mol. The van der Waals surface area contributed by atoms with Gasteiger partial charge in [-0.05, 0) is 24.3 Å². The van der Waals surface area contributed by atoms with E-state index in [0.29, 0.717) is 0 Å². The van der Waals surface area contributed by atoms with Gasteiger partial charge in [-0.25, -0.2) is 0 Å². The SMILES string of the molecule is SCCNc1ccc(N2CCOCC2)cc1. The number of nitrogens with one attached hydrogen (secondary N) is 1. The Balaban J connectivity index is 1.95. The minimum absolute atomic E-state index is 0.833. The summed E-state index contributed by atoms with van der Waals surface area (Å²) in [6.45, 7) is 4.55. The van der Waals surface area contributed by atoms with Crippen molar-refractivity contribution in [2.24, 2.45) is 0 Å². The molecule has 0 unspecified atom stereocenters. The topological polar surface area (TPSA) is 24.5 Å². The quantitative estimate of drug-likeness (QED) is 0.783. The predicted octanol–water partition coefficient (Wildman–Crippen LogP) is 1.86. The van der Waals surface area contributed by atoms with Gasteiger partial charge in [-0.1, -0.05) is 0 Å². The third-order valence-electron chi connectivity index (χ3n) is 2.68. The Hall–Kier alpha value is -0.870. The maximum atomic E-state index is 5.34. The summed E-state index contributed by atoms with van der Waals surface area (Å²) >= 11 is 4.17. The molecule has 0 bridgehead atoms. The van der Waals surface area contributed by atoms with Crippen LogP contribution in [0, 0.1) is 0 Å². The van der Waals surface area contributed by atoms with E-state index in [1.165, 1.54) is 5.69 Å². The summed E-state index contributed by atoms with van der Waals surface area (Å²) in [4.78, 5) is 2.35. The largest absolute Gasteiger partial charge is 0.384 e. The standard InChI is InChI=1S/C12H18N2OS/c16-10-5-13-11-1-3-12(4-2-11)14-6-8-15-9-7-14/h1-4,13,16H,5-10H2. The van der Waals surface area contributed by atoms with Crippen molar-refractivity contribution in [2.75, 3.05) is 48.8 Å². The first kappa shape index (κ1) is 11.6. The van der Waals surface area contributed by atoms with Crippen molar-refractivity contribution in [3.8, 4) is 0 Å². The molecule has 3 nitrogen and oxygen atoms in total. The Kier molecular flexibility index (Phi) is 4.36. The third kappa shape index (κ3) is 3.06. The fourth-order valence-electron chi connectivity index (χ4n) is 1.81. The molecule has 1 aromatic carbocycles. The highest BCUT2D eigenvalue weighted by Crippen LogP contribution is 2.18. The molecule has 0 aliphatic carbocycles. The van der Waals surface area contributed by atoms with Gasteiger partial charge in [0, 0.05) is 36.8 Å². The Morgan fingerprint density at radius 2 is 1.88 bits per heavy atom. The summed E-state index contributed by atoms with van der Waals surface area (Å²) in [6.07, 6.45) is 0. The maximum Gasteiger partial charge on any atom is 0.0642 e. The normalized spacial score (nSPS) is 16.2. The molecule has 0 aromatic heterocycles. The van der Waals surface area contributed by atoms with E-state index in [1.54, 1.807) is 0 Å². The molecule has 0 saturated carbocycles. The molecule has 0 atom stereocenters. The van der Waals surface area contributed by atoms with Gasteiger partial charge in [-0.3, -0.25) is 0 Å². The number of anilines is 2. The summed E-state index contributed by atoms with van der Waals surface area (Å²) in [5.74, 6) is 0.852. The van der Waals surface area contributed by atoms with Crippen LogP contribution in [-0.4, -0.2) is 38.6 Å². The zero-order valence-electron chi connectivity index (χ0n) is 9.35. The molecular weight excluding hydrogens is 220 g/mol. The lowest BCUT2D eigenvalue weighted by Crippen LogP contribution is -2.36. The molecule has 88 valence electrons. The van der Waals surface area contributed by atoms with Crippen LogP contribution in [0.2, 0.25) is 0 Å². The van der Waals surface area contributed by atoms with Gasteiger partial charge < -0.3 is 15.0 Å². The van der Waals surface area contributed by atoms with Crippen LogP contribution in [0.15, 0.2) is 24.3 Å².